The minimum Gasteiger partial charge on any atom is -0.354 e. The summed E-state index contributed by atoms with van der Waals surface area (Å²) < 4.78 is 1.93. The highest BCUT2D eigenvalue weighted by molar-refractivity contribution is 6.23. The minimum absolute atomic E-state index is 0.0999. The van der Waals surface area contributed by atoms with Crippen LogP contribution in [0, 0.1) is 6.92 Å². The Labute approximate surface area is 202 Å². The highest BCUT2D eigenvalue weighted by Gasteiger charge is 2.44. The number of piperidine rings is 1. The Balaban J connectivity index is 1.28. The molecule has 1 aromatic carbocycles. The van der Waals surface area contributed by atoms with Gasteiger partial charge < -0.3 is 15.5 Å². The van der Waals surface area contributed by atoms with Gasteiger partial charge in [-0.1, -0.05) is 6.07 Å². The monoisotopic (exact) mass is 479 g/mol. The number of nitrogens with one attached hydrogen (secondary N) is 3. The van der Waals surface area contributed by atoms with E-state index < -0.39 is 23.8 Å². The van der Waals surface area contributed by atoms with E-state index in [1.54, 1.807) is 12.1 Å². The Kier molecular flexibility index (Phi) is 6.12. The van der Waals surface area contributed by atoms with E-state index in [2.05, 4.69) is 25.9 Å². The number of nitrogens with zero attached hydrogens (tertiary/aromatic N) is 4. The molecule has 0 aliphatic carbocycles. The highest BCUT2D eigenvalue weighted by Crippen LogP contribution is 2.29. The third-order valence-corrected chi connectivity index (χ3v) is 6.86. The molecule has 2 fully saturated rings. The van der Waals surface area contributed by atoms with Crippen molar-refractivity contribution in [1.82, 2.24) is 30.6 Å². The zero-order chi connectivity index (χ0) is 24.7. The van der Waals surface area contributed by atoms with E-state index >= 15 is 0 Å². The van der Waals surface area contributed by atoms with Gasteiger partial charge in [-0.25, -0.2) is 0 Å². The number of aryl methyl sites for hydroxylation is 2. The molecule has 5 rings (SSSR count). The summed E-state index contributed by atoms with van der Waals surface area (Å²) in [5, 5.41) is 13.6. The van der Waals surface area contributed by atoms with E-state index in [9.17, 15) is 19.2 Å². The third kappa shape index (κ3) is 4.21. The van der Waals surface area contributed by atoms with Crippen molar-refractivity contribution >= 4 is 29.4 Å². The Bertz CT molecular complexity index is 1210. The van der Waals surface area contributed by atoms with Crippen molar-refractivity contribution in [2.24, 2.45) is 7.05 Å². The number of hydrogen-bond acceptors (Lipinski definition) is 8. The molecule has 0 radical (unpaired) electrons. The lowest BCUT2D eigenvalue weighted by Crippen LogP contribution is -2.54. The average molecular weight is 480 g/mol. The van der Waals surface area contributed by atoms with Gasteiger partial charge in [0, 0.05) is 58.3 Å². The summed E-state index contributed by atoms with van der Waals surface area (Å²) in [6.45, 7) is 6.86. The lowest BCUT2D eigenvalue weighted by Gasteiger charge is -2.30. The molecule has 184 valence electrons. The number of hydrogen-bond donors (Lipinski definition) is 3. The van der Waals surface area contributed by atoms with Crippen molar-refractivity contribution in [3.8, 4) is 0 Å². The second-order valence-corrected chi connectivity index (χ2v) is 9.18. The summed E-state index contributed by atoms with van der Waals surface area (Å²) in [6, 6.07) is 4.21. The van der Waals surface area contributed by atoms with Gasteiger partial charge in [0.2, 0.25) is 11.8 Å². The normalized spacial score (nSPS) is 20.5. The van der Waals surface area contributed by atoms with Crippen LogP contribution >= 0.6 is 0 Å². The Morgan fingerprint density at radius 2 is 1.80 bits per heavy atom. The quantitative estimate of drug-likeness (QED) is 0.487. The first-order valence-corrected chi connectivity index (χ1v) is 11.9. The van der Waals surface area contributed by atoms with E-state index in [0.717, 1.165) is 53.7 Å². The van der Waals surface area contributed by atoms with Crippen LogP contribution < -0.4 is 20.9 Å². The molecule has 11 heteroatoms. The Hall–Kier alpha value is -3.57. The van der Waals surface area contributed by atoms with Crippen molar-refractivity contribution in [2.75, 3.05) is 31.1 Å². The van der Waals surface area contributed by atoms with Gasteiger partial charge in [-0.3, -0.25) is 34.1 Å². The molecular weight excluding hydrogens is 450 g/mol. The topological polar surface area (TPSA) is 129 Å². The molecule has 4 amide bonds. The van der Waals surface area contributed by atoms with E-state index in [1.165, 1.54) is 0 Å². The maximum atomic E-state index is 13.0. The second kappa shape index (κ2) is 9.23. The van der Waals surface area contributed by atoms with Crippen molar-refractivity contribution < 1.29 is 19.2 Å². The molecule has 0 spiro atoms. The SMILES string of the molecule is Cc1nn(C)c(N2CCNCC2)c1CNCc1ccc2c(c1)C(=O)N(C1CCC(=O)NC1=O)C2=O. The number of aromatic nitrogens is 2. The minimum atomic E-state index is -0.960. The number of amides is 4. The molecule has 1 atom stereocenters. The zero-order valence-corrected chi connectivity index (χ0v) is 19.9. The van der Waals surface area contributed by atoms with E-state index in [0.29, 0.717) is 13.1 Å². The summed E-state index contributed by atoms with van der Waals surface area (Å²) in [7, 11) is 1.96. The second-order valence-electron chi connectivity index (χ2n) is 9.18. The van der Waals surface area contributed by atoms with Crippen LogP contribution in [0.15, 0.2) is 18.2 Å². The molecule has 3 aliphatic heterocycles. The van der Waals surface area contributed by atoms with Crippen LogP contribution in [0.3, 0.4) is 0 Å². The van der Waals surface area contributed by atoms with Gasteiger partial charge in [-0.15, -0.1) is 0 Å². The number of anilines is 1. The smallest absolute Gasteiger partial charge is 0.262 e. The summed E-state index contributed by atoms with van der Waals surface area (Å²) in [6.07, 6.45) is 0.243. The lowest BCUT2D eigenvalue weighted by molar-refractivity contribution is -0.136. The molecular formula is C24H29N7O4. The summed E-state index contributed by atoms with van der Waals surface area (Å²) in [5.41, 5.74) is 3.56. The predicted octanol–water partition coefficient (Wildman–Crippen LogP) is -0.171. The highest BCUT2D eigenvalue weighted by atomic mass is 16.2. The maximum absolute atomic E-state index is 13.0. The van der Waals surface area contributed by atoms with Gasteiger partial charge in [0.15, 0.2) is 0 Å². The van der Waals surface area contributed by atoms with Gasteiger partial charge in [0.25, 0.3) is 11.8 Å². The van der Waals surface area contributed by atoms with E-state index in [4.69, 9.17) is 0 Å². The molecule has 2 saturated heterocycles. The number of rotatable bonds is 6. The first-order chi connectivity index (χ1) is 16.8. The summed E-state index contributed by atoms with van der Waals surface area (Å²) in [4.78, 5) is 53.0. The average Bonchev–Trinajstić information content (AvgIpc) is 3.26. The number of carbonyl (C=O) groups excluding carboxylic acids is 4. The fourth-order valence-corrected chi connectivity index (χ4v) is 5.13. The van der Waals surface area contributed by atoms with Crippen LogP contribution in [0.5, 0.6) is 0 Å². The van der Waals surface area contributed by atoms with Gasteiger partial charge in [-0.05, 0) is 31.0 Å². The molecule has 1 unspecified atom stereocenters. The van der Waals surface area contributed by atoms with E-state index in [1.807, 2.05) is 24.7 Å². The van der Waals surface area contributed by atoms with Crippen LogP contribution in [0.1, 0.15) is 50.4 Å². The molecule has 0 bridgehead atoms. The number of benzene rings is 1. The Morgan fingerprint density at radius 3 is 2.54 bits per heavy atom. The molecule has 11 nitrogen and oxygen atoms in total. The molecule has 2 aromatic rings. The zero-order valence-electron chi connectivity index (χ0n) is 19.9. The van der Waals surface area contributed by atoms with Crippen molar-refractivity contribution in [3.63, 3.8) is 0 Å². The van der Waals surface area contributed by atoms with Crippen LogP contribution in [-0.2, 0) is 29.7 Å². The third-order valence-electron chi connectivity index (χ3n) is 6.86. The summed E-state index contributed by atoms with van der Waals surface area (Å²) in [5.74, 6) is -0.868. The van der Waals surface area contributed by atoms with Gasteiger partial charge in [0.05, 0.1) is 16.8 Å². The fraction of sp³-hybridized carbons (Fsp3) is 0.458. The first-order valence-electron chi connectivity index (χ1n) is 11.9. The molecule has 1 aromatic heterocycles. The van der Waals surface area contributed by atoms with Gasteiger partial charge >= 0.3 is 0 Å². The standard InChI is InChI=1S/C24H29N7O4/c1-14-18(22(29(2)28-14)30-9-7-25-8-10-30)13-26-12-15-3-4-16-17(11-15)24(35)31(23(16)34)19-5-6-20(32)27-21(19)33/h3-4,11,19,25-26H,5-10,12-13H2,1-2H3,(H,27,32,33). The van der Waals surface area contributed by atoms with Crippen LogP contribution in [0.4, 0.5) is 5.82 Å². The lowest BCUT2D eigenvalue weighted by atomic mass is 10.0. The van der Waals surface area contributed by atoms with Crippen molar-refractivity contribution in [3.05, 3.63) is 46.1 Å². The molecule has 3 aliphatic rings. The fourth-order valence-electron chi connectivity index (χ4n) is 5.13. The number of fused-ring (bicyclic) bond motifs is 1. The maximum Gasteiger partial charge on any atom is 0.262 e. The van der Waals surface area contributed by atoms with Crippen LogP contribution in [0.2, 0.25) is 0 Å². The van der Waals surface area contributed by atoms with Crippen molar-refractivity contribution in [2.45, 2.75) is 38.9 Å². The van der Waals surface area contributed by atoms with Crippen LogP contribution in [-0.4, -0.2) is 70.5 Å². The number of piperazine rings is 1. The largest absolute Gasteiger partial charge is 0.354 e. The first kappa shape index (κ1) is 23.2. The van der Waals surface area contributed by atoms with Crippen molar-refractivity contribution in [1.29, 1.82) is 0 Å². The molecule has 0 saturated carbocycles. The molecule has 4 heterocycles. The predicted molar refractivity (Wildman–Crippen MR) is 127 cm³/mol. The molecule has 35 heavy (non-hydrogen) atoms. The number of imide groups is 2. The summed E-state index contributed by atoms with van der Waals surface area (Å²) >= 11 is 0. The van der Waals surface area contributed by atoms with Gasteiger partial charge in [0.1, 0.15) is 11.9 Å². The van der Waals surface area contributed by atoms with E-state index in [-0.39, 0.29) is 29.9 Å². The molecule has 3 N–H and O–H groups in total. The van der Waals surface area contributed by atoms with Crippen LogP contribution in [0.25, 0.3) is 0 Å². The Morgan fingerprint density at radius 1 is 1.06 bits per heavy atom. The van der Waals surface area contributed by atoms with Gasteiger partial charge in [-0.2, -0.15) is 5.10 Å². The number of carbonyl (C=O) groups is 4.